The van der Waals surface area contributed by atoms with Gasteiger partial charge in [0.15, 0.2) is 0 Å². The summed E-state index contributed by atoms with van der Waals surface area (Å²) in [4.78, 5) is 25.8. The van der Waals surface area contributed by atoms with Crippen LogP contribution in [0.15, 0.2) is 54.7 Å². The van der Waals surface area contributed by atoms with Gasteiger partial charge in [-0.2, -0.15) is 0 Å². The molecule has 1 aromatic heterocycles. The highest BCUT2D eigenvalue weighted by Gasteiger charge is 2.15. The molecule has 1 amide bonds. The largest absolute Gasteiger partial charge is 0.457 e. The summed E-state index contributed by atoms with van der Waals surface area (Å²) in [5.41, 5.74) is 0.0200. The number of non-ortho nitro benzene ring substituents is 1. The summed E-state index contributed by atoms with van der Waals surface area (Å²) < 4.78 is 5.83. The first-order valence-electron chi connectivity index (χ1n) is 7.12. The number of fused-ring (bicyclic) bond motifs is 1. The molecule has 24 heavy (non-hydrogen) atoms. The monoisotopic (exact) mass is 323 g/mol. The van der Waals surface area contributed by atoms with Crippen molar-refractivity contribution in [2.24, 2.45) is 0 Å². The summed E-state index contributed by atoms with van der Waals surface area (Å²) in [6.45, 7) is 1.39. The molecule has 3 aromatic rings. The number of amides is 1. The number of carbonyl (C=O) groups excluding carboxylic acids is 1. The SMILES string of the molecule is CC(=O)Nc1cc(Oc2ccc([N+](=O)[O-])c3ccccc23)ccn1. The van der Waals surface area contributed by atoms with Crippen LogP contribution in [0.5, 0.6) is 11.5 Å². The maximum Gasteiger partial charge on any atom is 0.277 e. The Balaban J connectivity index is 2.01. The zero-order valence-corrected chi connectivity index (χ0v) is 12.7. The molecule has 0 bridgehead atoms. The lowest BCUT2D eigenvalue weighted by atomic mass is 10.1. The number of nitro benzene ring substituents is 1. The molecule has 0 atom stereocenters. The molecule has 0 aliphatic heterocycles. The van der Waals surface area contributed by atoms with Gasteiger partial charge < -0.3 is 10.1 Å². The van der Waals surface area contributed by atoms with Crippen molar-refractivity contribution in [2.75, 3.05) is 5.32 Å². The predicted molar refractivity (Wildman–Crippen MR) is 89.2 cm³/mol. The Bertz CT molecular complexity index is 940. The van der Waals surface area contributed by atoms with Gasteiger partial charge in [0.1, 0.15) is 17.3 Å². The van der Waals surface area contributed by atoms with E-state index in [1.54, 1.807) is 42.5 Å². The molecular formula is C17H13N3O4. The summed E-state index contributed by atoms with van der Waals surface area (Å²) in [7, 11) is 0. The number of benzene rings is 2. The van der Waals surface area contributed by atoms with Crippen molar-refractivity contribution >= 4 is 28.2 Å². The number of rotatable bonds is 4. The number of hydrogen-bond donors (Lipinski definition) is 1. The average Bonchev–Trinajstić information content (AvgIpc) is 2.54. The molecular weight excluding hydrogens is 310 g/mol. The molecule has 2 aromatic carbocycles. The minimum absolute atomic E-state index is 0.0200. The molecule has 0 spiro atoms. The molecule has 0 saturated carbocycles. The second-order valence-corrected chi connectivity index (χ2v) is 5.05. The van der Waals surface area contributed by atoms with Gasteiger partial charge in [-0.3, -0.25) is 14.9 Å². The molecule has 0 unspecified atom stereocenters. The van der Waals surface area contributed by atoms with Crippen molar-refractivity contribution in [1.82, 2.24) is 4.98 Å². The van der Waals surface area contributed by atoms with E-state index in [9.17, 15) is 14.9 Å². The number of nitrogens with one attached hydrogen (secondary N) is 1. The van der Waals surface area contributed by atoms with E-state index >= 15 is 0 Å². The van der Waals surface area contributed by atoms with E-state index in [1.165, 1.54) is 19.2 Å². The first kappa shape index (κ1) is 15.4. The third kappa shape index (κ3) is 3.14. The number of nitro groups is 1. The second-order valence-electron chi connectivity index (χ2n) is 5.05. The maximum absolute atomic E-state index is 11.1. The Morgan fingerprint density at radius 2 is 1.92 bits per heavy atom. The average molecular weight is 323 g/mol. The number of aromatic nitrogens is 1. The molecule has 0 aliphatic rings. The highest BCUT2D eigenvalue weighted by molar-refractivity contribution is 5.95. The number of ether oxygens (including phenoxy) is 1. The van der Waals surface area contributed by atoms with Gasteiger partial charge in [-0.1, -0.05) is 18.2 Å². The Labute approximate surface area is 137 Å². The van der Waals surface area contributed by atoms with Gasteiger partial charge in [0.25, 0.3) is 5.69 Å². The first-order chi connectivity index (χ1) is 11.5. The van der Waals surface area contributed by atoms with Gasteiger partial charge in [0.2, 0.25) is 5.91 Å². The third-order valence-electron chi connectivity index (χ3n) is 3.32. The van der Waals surface area contributed by atoms with E-state index in [2.05, 4.69) is 10.3 Å². The molecule has 1 heterocycles. The van der Waals surface area contributed by atoms with Crippen LogP contribution in [-0.2, 0) is 4.79 Å². The number of hydrogen-bond acceptors (Lipinski definition) is 5. The van der Waals surface area contributed by atoms with Crippen molar-refractivity contribution < 1.29 is 14.5 Å². The molecule has 0 fully saturated rings. The van der Waals surface area contributed by atoms with Crippen LogP contribution < -0.4 is 10.1 Å². The summed E-state index contributed by atoms with van der Waals surface area (Å²) in [5.74, 6) is 1.08. The van der Waals surface area contributed by atoms with Crippen LogP contribution in [0, 0.1) is 10.1 Å². The fraction of sp³-hybridized carbons (Fsp3) is 0.0588. The molecule has 3 rings (SSSR count). The predicted octanol–water partition coefficient (Wildman–Crippen LogP) is 3.89. The first-order valence-corrected chi connectivity index (χ1v) is 7.12. The van der Waals surface area contributed by atoms with Gasteiger partial charge in [-0.25, -0.2) is 4.98 Å². The van der Waals surface area contributed by atoms with Gasteiger partial charge in [-0.05, 0) is 18.2 Å². The van der Waals surface area contributed by atoms with E-state index in [4.69, 9.17) is 4.74 Å². The molecule has 0 radical (unpaired) electrons. The Morgan fingerprint density at radius 1 is 1.17 bits per heavy atom. The lowest BCUT2D eigenvalue weighted by molar-refractivity contribution is -0.383. The van der Waals surface area contributed by atoms with Crippen molar-refractivity contribution in [3.63, 3.8) is 0 Å². The van der Waals surface area contributed by atoms with Crippen molar-refractivity contribution in [3.8, 4) is 11.5 Å². The normalized spacial score (nSPS) is 10.4. The van der Waals surface area contributed by atoms with Crippen LogP contribution in [0.25, 0.3) is 10.8 Å². The van der Waals surface area contributed by atoms with E-state index < -0.39 is 4.92 Å². The van der Waals surface area contributed by atoms with Crippen LogP contribution in [0.3, 0.4) is 0 Å². The second kappa shape index (κ2) is 6.33. The van der Waals surface area contributed by atoms with Crippen molar-refractivity contribution in [1.29, 1.82) is 0 Å². The van der Waals surface area contributed by atoms with E-state index in [-0.39, 0.29) is 11.6 Å². The summed E-state index contributed by atoms with van der Waals surface area (Å²) in [6, 6.07) is 13.1. The zero-order chi connectivity index (χ0) is 17.1. The van der Waals surface area contributed by atoms with Crippen LogP contribution >= 0.6 is 0 Å². The Kier molecular flexibility index (Phi) is 4.07. The topological polar surface area (TPSA) is 94.4 Å². The van der Waals surface area contributed by atoms with Crippen molar-refractivity contribution in [2.45, 2.75) is 6.92 Å². The van der Waals surface area contributed by atoms with Crippen molar-refractivity contribution in [3.05, 3.63) is 64.8 Å². The third-order valence-corrected chi connectivity index (χ3v) is 3.32. The quantitative estimate of drug-likeness (QED) is 0.580. The van der Waals surface area contributed by atoms with Gasteiger partial charge in [-0.15, -0.1) is 0 Å². The van der Waals surface area contributed by atoms with E-state index in [1.807, 2.05) is 0 Å². The van der Waals surface area contributed by atoms with E-state index in [0.717, 1.165) is 0 Å². The minimum Gasteiger partial charge on any atom is -0.457 e. The van der Waals surface area contributed by atoms with Gasteiger partial charge in [0.05, 0.1) is 10.3 Å². The number of nitrogens with zero attached hydrogens (tertiary/aromatic N) is 2. The Morgan fingerprint density at radius 3 is 2.62 bits per heavy atom. The van der Waals surface area contributed by atoms with Gasteiger partial charge >= 0.3 is 0 Å². The molecule has 1 N–H and O–H groups in total. The van der Waals surface area contributed by atoms with Crippen LogP contribution in [0.1, 0.15) is 6.92 Å². The molecule has 7 heteroatoms. The Hall–Kier alpha value is -3.48. The molecule has 120 valence electrons. The maximum atomic E-state index is 11.1. The van der Waals surface area contributed by atoms with Crippen LogP contribution in [0.4, 0.5) is 11.5 Å². The number of carbonyl (C=O) groups is 1. The zero-order valence-electron chi connectivity index (χ0n) is 12.7. The highest BCUT2D eigenvalue weighted by Crippen LogP contribution is 2.35. The summed E-state index contributed by atoms with van der Waals surface area (Å²) in [6.07, 6.45) is 1.51. The fourth-order valence-electron chi connectivity index (χ4n) is 2.35. The highest BCUT2D eigenvalue weighted by atomic mass is 16.6. The minimum atomic E-state index is -0.423. The fourth-order valence-corrected chi connectivity index (χ4v) is 2.35. The van der Waals surface area contributed by atoms with Crippen LogP contribution in [0.2, 0.25) is 0 Å². The van der Waals surface area contributed by atoms with Crippen LogP contribution in [-0.4, -0.2) is 15.8 Å². The summed E-state index contributed by atoms with van der Waals surface area (Å²) >= 11 is 0. The van der Waals surface area contributed by atoms with Gasteiger partial charge in [0, 0.05) is 30.6 Å². The number of anilines is 1. The lowest BCUT2D eigenvalue weighted by Crippen LogP contribution is -2.07. The summed E-state index contributed by atoms with van der Waals surface area (Å²) in [5, 5.41) is 14.8. The smallest absolute Gasteiger partial charge is 0.277 e. The number of pyridine rings is 1. The standard InChI is InChI=1S/C17H13N3O4/c1-11(21)19-17-10-12(8-9-18-17)24-16-7-6-15(20(22)23)13-4-2-3-5-14(13)16/h2-10H,1H3,(H,18,19,21). The molecule has 0 saturated heterocycles. The molecule has 7 nitrogen and oxygen atoms in total. The lowest BCUT2D eigenvalue weighted by Gasteiger charge is -2.10. The molecule has 0 aliphatic carbocycles. The van der Waals surface area contributed by atoms with E-state index in [0.29, 0.717) is 28.1 Å².